The van der Waals surface area contributed by atoms with Crippen molar-refractivity contribution in [3.8, 4) is 0 Å². The van der Waals surface area contributed by atoms with Crippen LogP contribution in [0, 0.1) is 11.7 Å². The first-order valence-corrected chi connectivity index (χ1v) is 11.5. The minimum atomic E-state index is -3.97. The third kappa shape index (κ3) is 4.59. The minimum Gasteiger partial charge on any atom is -0.349 e. The number of rotatable bonds is 5. The molecule has 0 bridgehead atoms. The van der Waals surface area contributed by atoms with E-state index < -0.39 is 21.7 Å². The van der Waals surface area contributed by atoms with Crippen molar-refractivity contribution in [3.05, 3.63) is 58.9 Å². The van der Waals surface area contributed by atoms with Crippen LogP contribution in [0.25, 0.3) is 0 Å². The number of nitrogens with one attached hydrogen (secondary N) is 4. The van der Waals surface area contributed by atoms with Gasteiger partial charge >= 0.3 is 0 Å². The summed E-state index contributed by atoms with van der Waals surface area (Å²) in [5.41, 5.74) is 6.71. The van der Waals surface area contributed by atoms with Crippen molar-refractivity contribution in [1.82, 2.24) is 16.2 Å². The van der Waals surface area contributed by atoms with Gasteiger partial charge in [0.05, 0.1) is 15.5 Å². The Labute approximate surface area is 179 Å². The van der Waals surface area contributed by atoms with E-state index in [1.54, 1.807) is 0 Å². The summed E-state index contributed by atoms with van der Waals surface area (Å²) in [4.78, 5) is 12.7. The molecule has 1 amide bonds. The molecule has 30 heavy (non-hydrogen) atoms. The molecule has 2 aromatic carbocycles. The first kappa shape index (κ1) is 21.0. The van der Waals surface area contributed by atoms with Crippen LogP contribution in [0.2, 0.25) is 5.02 Å². The number of carbonyl (C=O) groups is 1. The molecule has 4 rings (SSSR count). The molecule has 1 aliphatic carbocycles. The van der Waals surface area contributed by atoms with Gasteiger partial charge in [0, 0.05) is 24.3 Å². The molecule has 1 saturated heterocycles. The van der Waals surface area contributed by atoms with Crippen LogP contribution in [0.1, 0.15) is 29.6 Å². The van der Waals surface area contributed by atoms with E-state index in [2.05, 4.69) is 20.9 Å². The van der Waals surface area contributed by atoms with Crippen LogP contribution in [0.5, 0.6) is 0 Å². The van der Waals surface area contributed by atoms with Gasteiger partial charge in [0.1, 0.15) is 5.82 Å². The average molecular weight is 453 g/mol. The van der Waals surface area contributed by atoms with Crippen molar-refractivity contribution >= 4 is 33.2 Å². The zero-order valence-corrected chi connectivity index (χ0v) is 17.6. The van der Waals surface area contributed by atoms with Gasteiger partial charge in [0.2, 0.25) is 0 Å². The number of hydrogen-bond acceptors (Lipinski definition) is 5. The number of fused-ring (bicyclic) bond motifs is 1. The Kier molecular flexibility index (Phi) is 5.97. The van der Waals surface area contributed by atoms with Crippen molar-refractivity contribution in [1.29, 1.82) is 0 Å². The molecule has 0 radical (unpaired) electrons. The number of hydrazine groups is 1. The summed E-state index contributed by atoms with van der Waals surface area (Å²) < 4.78 is 40.8. The van der Waals surface area contributed by atoms with E-state index in [4.69, 9.17) is 11.6 Å². The number of anilines is 1. The third-order valence-corrected chi connectivity index (χ3v) is 7.27. The van der Waals surface area contributed by atoms with Crippen LogP contribution in [0.4, 0.5) is 10.1 Å². The predicted molar refractivity (Wildman–Crippen MR) is 112 cm³/mol. The van der Waals surface area contributed by atoms with Crippen LogP contribution in [-0.2, 0) is 10.0 Å². The maximum atomic E-state index is 13.0. The second-order valence-corrected chi connectivity index (χ2v) is 9.72. The zero-order chi connectivity index (χ0) is 21.3. The maximum absolute atomic E-state index is 13.0. The molecule has 2 fully saturated rings. The molecule has 0 spiro atoms. The molecule has 160 valence electrons. The molecule has 3 atom stereocenters. The lowest BCUT2D eigenvalue weighted by molar-refractivity contribution is 0.0918. The lowest BCUT2D eigenvalue weighted by atomic mass is 9.83. The van der Waals surface area contributed by atoms with Crippen molar-refractivity contribution in [2.24, 2.45) is 5.92 Å². The number of benzene rings is 2. The number of amides is 1. The fourth-order valence-corrected chi connectivity index (χ4v) is 5.26. The molecular formula is C20H22ClFN4O3S. The molecule has 2 aromatic rings. The van der Waals surface area contributed by atoms with E-state index in [1.807, 2.05) is 0 Å². The normalized spacial score (nSPS) is 23.6. The summed E-state index contributed by atoms with van der Waals surface area (Å²) in [7, 11) is -3.97. The molecular weight excluding hydrogens is 431 g/mol. The Morgan fingerprint density at radius 1 is 1.13 bits per heavy atom. The molecule has 7 nitrogen and oxygen atoms in total. The van der Waals surface area contributed by atoms with E-state index in [1.165, 1.54) is 30.3 Å². The highest BCUT2D eigenvalue weighted by atomic mass is 35.5. The first-order chi connectivity index (χ1) is 14.3. The average Bonchev–Trinajstić information content (AvgIpc) is 3.17. The zero-order valence-electron chi connectivity index (χ0n) is 16.0. The Bertz CT molecular complexity index is 1050. The Balaban J connectivity index is 1.49. The summed E-state index contributed by atoms with van der Waals surface area (Å²) in [6.07, 6.45) is 2.63. The van der Waals surface area contributed by atoms with E-state index in [0.29, 0.717) is 12.0 Å². The van der Waals surface area contributed by atoms with E-state index >= 15 is 0 Å². The summed E-state index contributed by atoms with van der Waals surface area (Å²) in [6, 6.07) is 9.35. The van der Waals surface area contributed by atoms with Crippen LogP contribution in [-0.4, -0.2) is 33.0 Å². The van der Waals surface area contributed by atoms with Gasteiger partial charge in [-0.05, 0) is 67.6 Å². The number of halogens is 2. The lowest BCUT2D eigenvalue weighted by Crippen LogP contribution is -2.44. The van der Waals surface area contributed by atoms with Crippen molar-refractivity contribution in [3.63, 3.8) is 0 Å². The van der Waals surface area contributed by atoms with Gasteiger partial charge in [0.15, 0.2) is 0 Å². The highest BCUT2D eigenvalue weighted by Gasteiger charge is 2.34. The fourth-order valence-electron chi connectivity index (χ4n) is 3.97. The molecule has 0 aromatic heterocycles. The molecule has 2 aliphatic rings. The van der Waals surface area contributed by atoms with Crippen molar-refractivity contribution in [2.75, 3.05) is 11.3 Å². The third-order valence-electron chi connectivity index (χ3n) is 5.56. The summed E-state index contributed by atoms with van der Waals surface area (Å²) in [5, 5.41) is 3.16. The molecule has 1 heterocycles. The standard InChI is InChI=1S/C20H22ClFN4O3S/c21-18-7-6-16(30(28,29)26-14-3-1-13(22)2-4-14)10-17(18)20(27)24-15-5-8-19-12(9-15)11-23-25-19/h1-4,6-7,10,12,15,19,23,25-26H,5,8-9,11H2,(H,24,27). The van der Waals surface area contributed by atoms with Crippen LogP contribution >= 0.6 is 11.6 Å². The lowest BCUT2D eigenvalue weighted by Gasteiger charge is -2.31. The molecule has 1 saturated carbocycles. The van der Waals surface area contributed by atoms with Crippen LogP contribution in [0.15, 0.2) is 47.4 Å². The fraction of sp³-hybridized carbons (Fsp3) is 0.350. The van der Waals surface area contributed by atoms with Crippen molar-refractivity contribution < 1.29 is 17.6 Å². The minimum absolute atomic E-state index is 0.00844. The largest absolute Gasteiger partial charge is 0.349 e. The second kappa shape index (κ2) is 8.50. The molecule has 3 unspecified atom stereocenters. The van der Waals surface area contributed by atoms with E-state index in [9.17, 15) is 17.6 Å². The van der Waals surface area contributed by atoms with Gasteiger partial charge in [-0.1, -0.05) is 11.6 Å². The molecule has 1 aliphatic heterocycles. The van der Waals surface area contributed by atoms with Gasteiger partial charge in [0.25, 0.3) is 15.9 Å². The van der Waals surface area contributed by atoms with Crippen molar-refractivity contribution in [2.45, 2.75) is 36.2 Å². The summed E-state index contributed by atoms with van der Waals surface area (Å²) >= 11 is 6.19. The van der Waals surface area contributed by atoms with E-state index in [-0.39, 0.29) is 27.2 Å². The van der Waals surface area contributed by atoms with Gasteiger partial charge < -0.3 is 5.32 Å². The summed E-state index contributed by atoms with van der Waals surface area (Å²) in [5.74, 6) is -0.422. The second-order valence-electron chi connectivity index (χ2n) is 7.63. The number of carbonyl (C=O) groups excluding carboxylic acids is 1. The highest BCUT2D eigenvalue weighted by molar-refractivity contribution is 7.92. The maximum Gasteiger partial charge on any atom is 0.261 e. The molecule has 10 heteroatoms. The molecule has 4 N–H and O–H groups in total. The monoisotopic (exact) mass is 452 g/mol. The Morgan fingerprint density at radius 2 is 1.90 bits per heavy atom. The smallest absolute Gasteiger partial charge is 0.261 e. The Hall–Kier alpha value is -2.20. The van der Waals surface area contributed by atoms with E-state index in [0.717, 1.165) is 37.9 Å². The first-order valence-electron chi connectivity index (χ1n) is 9.69. The van der Waals surface area contributed by atoms with Gasteiger partial charge in [-0.2, -0.15) is 0 Å². The quantitative estimate of drug-likeness (QED) is 0.559. The number of hydrogen-bond donors (Lipinski definition) is 4. The van der Waals surface area contributed by atoms with Gasteiger partial charge in [-0.25, -0.2) is 12.8 Å². The van der Waals surface area contributed by atoms with Gasteiger partial charge in [-0.15, -0.1) is 0 Å². The predicted octanol–water partition coefficient (Wildman–Crippen LogP) is 2.65. The van der Waals surface area contributed by atoms with Gasteiger partial charge in [-0.3, -0.25) is 20.4 Å². The van der Waals surface area contributed by atoms with Crippen LogP contribution < -0.4 is 20.9 Å². The number of sulfonamides is 1. The Morgan fingerprint density at radius 3 is 2.67 bits per heavy atom. The highest BCUT2D eigenvalue weighted by Crippen LogP contribution is 2.28. The topological polar surface area (TPSA) is 99.3 Å². The SMILES string of the molecule is O=C(NC1CCC2NNCC2C1)c1cc(S(=O)(=O)Nc2ccc(F)cc2)ccc1Cl. The summed E-state index contributed by atoms with van der Waals surface area (Å²) in [6.45, 7) is 0.862. The van der Waals surface area contributed by atoms with Crippen LogP contribution in [0.3, 0.4) is 0 Å².